The van der Waals surface area contributed by atoms with E-state index in [1.807, 2.05) is 0 Å². The Kier molecular flexibility index (Phi) is 4.00. The molecule has 0 aromatic carbocycles. The van der Waals surface area contributed by atoms with Crippen LogP contribution in [0.4, 0.5) is 0 Å². The van der Waals surface area contributed by atoms with Crippen molar-refractivity contribution in [2.45, 2.75) is 26.3 Å². The van der Waals surface area contributed by atoms with Gasteiger partial charge in [0, 0.05) is 45.4 Å². The highest BCUT2D eigenvalue weighted by Gasteiger charge is 2.23. The van der Waals surface area contributed by atoms with E-state index in [9.17, 15) is 0 Å². The molecule has 0 N–H and O–H groups in total. The van der Waals surface area contributed by atoms with Crippen molar-refractivity contribution in [3.05, 3.63) is 0 Å². The summed E-state index contributed by atoms with van der Waals surface area (Å²) in [6, 6.07) is 0.710. The van der Waals surface area contributed by atoms with Gasteiger partial charge in [-0.15, -0.1) is 0 Å². The fourth-order valence-electron chi connectivity index (χ4n) is 2.55. The molecule has 0 amide bonds. The van der Waals surface area contributed by atoms with Crippen LogP contribution in [-0.2, 0) is 4.74 Å². The van der Waals surface area contributed by atoms with Crippen LogP contribution in [0.2, 0.25) is 0 Å². The monoisotopic (exact) mass is 212 g/mol. The third-order valence-electron chi connectivity index (χ3n) is 3.68. The molecule has 1 atom stereocenters. The van der Waals surface area contributed by atoms with Crippen molar-refractivity contribution in [3.63, 3.8) is 0 Å². The minimum atomic E-state index is 0.710. The fourth-order valence-corrected chi connectivity index (χ4v) is 2.55. The molecule has 2 aliphatic heterocycles. The van der Waals surface area contributed by atoms with Crippen molar-refractivity contribution in [2.24, 2.45) is 5.92 Å². The van der Waals surface area contributed by atoms with Crippen molar-refractivity contribution in [3.8, 4) is 0 Å². The molecule has 2 saturated heterocycles. The van der Waals surface area contributed by atoms with Crippen molar-refractivity contribution in [2.75, 3.05) is 45.9 Å². The summed E-state index contributed by atoms with van der Waals surface area (Å²) in [4.78, 5) is 5.18. The van der Waals surface area contributed by atoms with E-state index in [-0.39, 0.29) is 0 Å². The number of ether oxygens (including phenoxy) is 1. The van der Waals surface area contributed by atoms with Crippen LogP contribution < -0.4 is 0 Å². The van der Waals surface area contributed by atoms with Crippen LogP contribution in [0.5, 0.6) is 0 Å². The van der Waals surface area contributed by atoms with Crippen molar-refractivity contribution in [1.29, 1.82) is 0 Å². The van der Waals surface area contributed by atoms with Crippen LogP contribution in [0, 0.1) is 5.92 Å². The van der Waals surface area contributed by atoms with Crippen LogP contribution in [0.25, 0.3) is 0 Å². The molecule has 2 rings (SSSR count). The molecule has 0 spiro atoms. The van der Waals surface area contributed by atoms with E-state index < -0.39 is 0 Å². The summed E-state index contributed by atoms with van der Waals surface area (Å²) in [7, 11) is 0. The zero-order chi connectivity index (χ0) is 10.7. The normalized spacial score (nSPS) is 30.2. The second-order valence-corrected chi connectivity index (χ2v) is 5.16. The molecule has 0 aromatic heterocycles. The van der Waals surface area contributed by atoms with Crippen LogP contribution in [0.15, 0.2) is 0 Å². The van der Waals surface area contributed by atoms with E-state index in [1.165, 1.54) is 39.1 Å². The third kappa shape index (κ3) is 3.16. The quantitative estimate of drug-likeness (QED) is 0.695. The van der Waals surface area contributed by atoms with Crippen molar-refractivity contribution < 1.29 is 4.74 Å². The Morgan fingerprint density at radius 3 is 2.47 bits per heavy atom. The summed E-state index contributed by atoms with van der Waals surface area (Å²) >= 11 is 0. The van der Waals surface area contributed by atoms with E-state index in [0.717, 1.165) is 19.1 Å². The van der Waals surface area contributed by atoms with Gasteiger partial charge in [0.15, 0.2) is 0 Å². The number of piperazine rings is 1. The average Bonchev–Trinajstić information content (AvgIpc) is 2.71. The number of rotatable bonds is 3. The van der Waals surface area contributed by atoms with Gasteiger partial charge in [-0.25, -0.2) is 0 Å². The molecule has 2 fully saturated rings. The standard InChI is InChI=1S/C12H24N2O/c1-11(2)14-6-4-13(5-7-14)9-12-3-8-15-10-12/h11-12H,3-10H2,1-2H3/t12-/m0/s1. The molecular formula is C12H24N2O. The topological polar surface area (TPSA) is 15.7 Å². The van der Waals surface area contributed by atoms with E-state index in [4.69, 9.17) is 4.74 Å². The molecule has 3 nitrogen and oxygen atoms in total. The Morgan fingerprint density at radius 1 is 1.20 bits per heavy atom. The van der Waals surface area contributed by atoms with Crippen molar-refractivity contribution >= 4 is 0 Å². The highest BCUT2D eigenvalue weighted by molar-refractivity contribution is 4.77. The maximum absolute atomic E-state index is 5.42. The van der Waals surface area contributed by atoms with Crippen molar-refractivity contribution in [1.82, 2.24) is 9.80 Å². The molecule has 3 heteroatoms. The molecule has 2 heterocycles. The van der Waals surface area contributed by atoms with E-state index in [2.05, 4.69) is 23.6 Å². The van der Waals surface area contributed by atoms with Gasteiger partial charge >= 0.3 is 0 Å². The Hall–Kier alpha value is -0.120. The lowest BCUT2D eigenvalue weighted by Crippen LogP contribution is -2.49. The molecular weight excluding hydrogens is 188 g/mol. The zero-order valence-corrected chi connectivity index (χ0v) is 10.1. The lowest BCUT2D eigenvalue weighted by molar-refractivity contribution is 0.0927. The van der Waals surface area contributed by atoms with Gasteiger partial charge in [-0.05, 0) is 26.2 Å². The molecule has 88 valence electrons. The molecule has 0 saturated carbocycles. The summed E-state index contributed by atoms with van der Waals surface area (Å²) in [6.45, 7) is 12.8. The van der Waals surface area contributed by atoms with Gasteiger partial charge in [-0.2, -0.15) is 0 Å². The Labute approximate surface area is 93.4 Å². The van der Waals surface area contributed by atoms with Crippen LogP contribution in [0.1, 0.15) is 20.3 Å². The van der Waals surface area contributed by atoms with E-state index >= 15 is 0 Å². The molecule has 15 heavy (non-hydrogen) atoms. The summed E-state index contributed by atoms with van der Waals surface area (Å²) in [5.74, 6) is 0.801. The summed E-state index contributed by atoms with van der Waals surface area (Å²) < 4.78 is 5.42. The first-order valence-electron chi connectivity index (χ1n) is 6.30. The van der Waals surface area contributed by atoms with E-state index in [0.29, 0.717) is 6.04 Å². The predicted molar refractivity (Wildman–Crippen MR) is 62.1 cm³/mol. The van der Waals surface area contributed by atoms with E-state index in [1.54, 1.807) is 0 Å². The molecule has 2 aliphatic rings. The van der Waals surface area contributed by atoms with Gasteiger partial charge in [0.05, 0.1) is 6.61 Å². The molecule has 0 radical (unpaired) electrons. The smallest absolute Gasteiger partial charge is 0.0507 e. The van der Waals surface area contributed by atoms with Crippen LogP contribution in [-0.4, -0.2) is 61.8 Å². The number of nitrogens with zero attached hydrogens (tertiary/aromatic N) is 2. The minimum absolute atomic E-state index is 0.710. The second-order valence-electron chi connectivity index (χ2n) is 5.16. The number of hydrogen-bond acceptors (Lipinski definition) is 3. The van der Waals surface area contributed by atoms with Gasteiger partial charge in [0.25, 0.3) is 0 Å². The minimum Gasteiger partial charge on any atom is -0.381 e. The molecule has 0 aliphatic carbocycles. The largest absolute Gasteiger partial charge is 0.381 e. The predicted octanol–water partition coefficient (Wildman–Crippen LogP) is 1.05. The van der Waals surface area contributed by atoms with Gasteiger partial charge in [0.1, 0.15) is 0 Å². The van der Waals surface area contributed by atoms with Crippen LogP contribution in [0.3, 0.4) is 0 Å². The lowest BCUT2D eigenvalue weighted by atomic mass is 10.1. The summed E-state index contributed by atoms with van der Waals surface area (Å²) in [5, 5.41) is 0. The third-order valence-corrected chi connectivity index (χ3v) is 3.68. The van der Waals surface area contributed by atoms with Crippen LogP contribution >= 0.6 is 0 Å². The zero-order valence-electron chi connectivity index (χ0n) is 10.1. The SMILES string of the molecule is CC(C)N1CCN(C[C@@H]2CCOC2)CC1. The lowest BCUT2D eigenvalue weighted by Gasteiger charge is -2.37. The number of hydrogen-bond donors (Lipinski definition) is 0. The molecule has 0 bridgehead atoms. The maximum atomic E-state index is 5.42. The average molecular weight is 212 g/mol. The Morgan fingerprint density at radius 2 is 1.93 bits per heavy atom. The van der Waals surface area contributed by atoms with Gasteiger partial charge in [-0.3, -0.25) is 4.90 Å². The highest BCUT2D eigenvalue weighted by Crippen LogP contribution is 2.15. The molecule has 0 aromatic rings. The van der Waals surface area contributed by atoms with Gasteiger partial charge in [-0.1, -0.05) is 0 Å². The second kappa shape index (κ2) is 5.28. The maximum Gasteiger partial charge on any atom is 0.0507 e. The van der Waals surface area contributed by atoms with Gasteiger partial charge < -0.3 is 9.64 Å². The first kappa shape index (κ1) is 11.4. The Balaban J connectivity index is 1.68. The fraction of sp³-hybridized carbons (Fsp3) is 1.00. The highest BCUT2D eigenvalue weighted by atomic mass is 16.5. The summed E-state index contributed by atoms with van der Waals surface area (Å²) in [5.41, 5.74) is 0. The first-order valence-corrected chi connectivity index (χ1v) is 6.30. The Bertz CT molecular complexity index is 182. The summed E-state index contributed by atoms with van der Waals surface area (Å²) in [6.07, 6.45) is 1.27. The molecule has 0 unspecified atom stereocenters. The van der Waals surface area contributed by atoms with Gasteiger partial charge in [0.2, 0.25) is 0 Å². The first-order chi connectivity index (χ1) is 7.25.